The third-order valence-corrected chi connectivity index (χ3v) is 3.33. The molecule has 16 heavy (non-hydrogen) atoms. The number of hydrogen-bond acceptors (Lipinski definition) is 1. The van der Waals surface area contributed by atoms with Crippen molar-refractivity contribution in [2.75, 3.05) is 0 Å². The first-order chi connectivity index (χ1) is 7.58. The summed E-state index contributed by atoms with van der Waals surface area (Å²) in [5.74, 6) is 0. The topological polar surface area (TPSA) is 12.4 Å². The zero-order valence-corrected chi connectivity index (χ0v) is 11.7. The van der Waals surface area contributed by atoms with Gasteiger partial charge in [-0.05, 0) is 57.1 Å². The Labute approximate surface area is 101 Å². The van der Waals surface area contributed by atoms with Gasteiger partial charge in [0.1, 0.15) is 0 Å². The summed E-state index contributed by atoms with van der Waals surface area (Å²) in [6.07, 6.45) is 6.99. The average molecular weight is 233 g/mol. The largest absolute Gasteiger partial charge is 0.334 e. The molecule has 1 aromatic rings. The Morgan fingerprint density at radius 2 is 1.75 bits per heavy atom. The van der Waals surface area contributed by atoms with Gasteiger partial charge in [-0.2, -0.15) is 0 Å². The summed E-state index contributed by atoms with van der Waals surface area (Å²) in [6, 6.07) is 10.7. The highest BCUT2D eigenvalue weighted by Crippen LogP contribution is 2.06. The quantitative estimate of drug-likeness (QED) is 0.394. The summed E-state index contributed by atoms with van der Waals surface area (Å²) in [7, 11) is -1.21. The predicted octanol–water partition coefficient (Wildman–Crippen LogP) is 4.31. The van der Waals surface area contributed by atoms with Crippen LogP contribution in [0.2, 0.25) is 19.6 Å². The molecule has 88 valence electrons. The summed E-state index contributed by atoms with van der Waals surface area (Å²) in [5.41, 5.74) is 1.45. The molecule has 0 heterocycles. The molecule has 0 amide bonds. The summed E-state index contributed by atoms with van der Waals surface area (Å²) >= 11 is 0. The van der Waals surface area contributed by atoms with Crippen molar-refractivity contribution in [2.24, 2.45) is 4.66 Å². The molecule has 0 N–H and O–H groups in total. The van der Waals surface area contributed by atoms with Crippen LogP contribution in [0.5, 0.6) is 0 Å². The molecule has 0 bridgehead atoms. The fourth-order valence-electron chi connectivity index (χ4n) is 1.55. The van der Waals surface area contributed by atoms with Gasteiger partial charge >= 0.3 is 0 Å². The lowest BCUT2D eigenvalue weighted by Gasteiger charge is -2.07. The first-order valence-electron chi connectivity index (χ1n) is 6.15. The van der Waals surface area contributed by atoms with Crippen LogP contribution in [0.25, 0.3) is 0 Å². The maximum atomic E-state index is 4.61. The van der Waals surface area contributed by atoms with E-state index in [1.165, 1.54) is 24.8 Å². The van der Waals surface area contributed by atoms with Gasteiger partial charge < -0.3 is 4.66 Å². The van der Waals surface area contributed by atoms with E-state index in [1.54, 1.807) is 0 Å². The van der Waals surface area contributed by atoms with Crippen LogP contribution in [-0.4, -0.2) is 14.5 Å². The standard InChI is InChI=1S/C14H23NSi/c1-16(2,3)15-13-9-5-8-12-14-10-6-4-7-11-14/h4,6-7,10-11,13H,5,8-9,12H2,1-3H3. The maximum Gasteiger partial charge on any atom is 0.171 e. The van der Waals surface area contributed by atoms with Crippen molar-refractivity contribution in [2.45, 2.75) is 45.3 Å². The number of hydrogen-bond donors (Lipinski definition) is 0. The number of nitrogens with zero attached hydrogens (tertiary/aromatic N) is 1. The molecule has 0 saturated carbocycles. The van der Waals surface area contributed by atoms with Crippen LogP contribution in [0, 0.1) is 0 Å². The minimum absolute atomic E-state index is 1.14. The van der Waals surface area contributed by atoms with E-state index in [1.807, 2.05) is 0 Å². The molecule has 0 aliphatic rings. The Hall–Kier alpha value is -0.893. The Morgan fingerprint density at radius 1 is 1.06 bits per heavy atom. The lowest BCUT2D eigenvalue weighted by molar-refractivity contribution is 0.767. The van der Waals surface area contributed by atoms with E-state index in [0.29, 0.717) is 0 Å². The lowest BCUT2D eigenvalue weighted by atomic mass is 10.1. The van der Waals surface area contributed by atoms with Gasteiger partial charge in [0.25, 0.3) is 0 Å². The molecule has 0 saturated heterocycles. The molecule has 1 aromatic carbocycles. The molecule has 2 heteroatoms. The van der Waals surface area contributed by atoms with Crippen molar-refractivity contribution < 1.29 is 0 Å². The molecular weight excluding hydrogens is 210 g/mol. The van der Waals surface area contributed by atoms with Crippen LogP contribution < -0.4 is 0 Å². The molecule has 1 nitrogen and oxygen atoms in total. The summed E-state index contributed by atoms with van der Waals surface area (Å²) in [6.45, 7) is 6.81. The number of aryl methyl sites for hydroxylation is 1. The first kappa shape index (κ1) is 13.2. The van der Waals surface area contributed by atoms with Crippen molar-refractivity contribution in [3.8, 4) is 0 Å². The number of unbranched alkanes of at least 4 members (excludes halogenated alkanes) is 2. The third-order valence-electron chi connectivity index (χ3n) is 2.37. The van der Waals surface area contributed by atoms with Crippen molar-refractivity contribution in [1.82, 2.24) is 0 Å². The van der Waals surface area contributed by atoms with E-state index >= 15 is 0 Å². The molecule has 0 aliphatic carbocycles. The van der Waals surface area contributed by atoms with E-state index in [4.69, 9.17) is 0 Å². The van der Waals surface area contributed by atoms with Gasteiger partial charge in [0.05, 0.1) is 0 Å². The fourth-order valence-corrected chi connectivity index (χ4v) is 2.22. The molecule has 0 fully saturated rings. The first-order valence-corrected chi connectivity index (χ1v) is 9.60. The zero-order chi connectivity index (χ0) is 11.9. The Morgan fingerprint density at radius 3 is 2.38 bits per heavy atom. The maximum absolute atomic E-state index is 4.61. The van der Waals surface area contributed by atoms with Gasteiger partial charge in [-0.15, -0.1) is 0 Å². The summed E-state index contributed by atoms with van der Waals surface area (Å²) in [4.78, 5) is 0. The van der Waals surface area contributed by atoms with Crippen LogP contribution in [0.15, 0.2) is 35.0 Å². The summed E-state index contributed by atoms with van der Waals surface area (Å²) in [5, 5.41) is 0. The van der Waals surface area contributed by atoms with Crippen molar-refractivity contribution in [1.29, 1.82) is 0 Å². The molecule has 0 radical (unpaired) electrons. The third kappa shape index (κ3) is 6.56. The lowest BCUT2D eigenvalue weighted by Crippen LogP contribution is -2.16. The van der Waals surface area contributed by atoms with E-state index in [2.05, 4.69) is 60.8 Å². The van der Waals surface area contributed by atoms with Crippen LogP contribution in [0.3, 0.4) is 0 Å². The van der Waals surface area contributed by atoms with Crippen LogP contribution in [0.4, 0.5) is 0 Å². The van der Waals surface area contributed by atoms with Crippen molar-refractivity contribution in [3.63, 3.8) is 0 Å². The fraction of sp³-hybridized carbons (Fsp3) is 0.500. The van der Waals surface area contributed by atoms with Crippen molar-refractivity contribution >= 4 is 14.5 Å². The van der Waals surface area contributed by atoms with Gasteiger partial charge in [-0.3, -0.25) is 0 Å². The highest BCUT2D eigenvalue weighted by Gasteiger charge is 2.08. The monoisotopic (exact) mass is 233 g/mol. The predicted molar refractivity (Wildman–Crippen MR) is 75.8 cm³/mol. The number of benzene rings is 1. The number of rotatable bonds is 6. The zero-order valence-electron chi connectivity index (χ0n) is 10.7. The Balaban J connectivity index is 2.11. The Kier molecular flexibility index (Phi) is 5.47. The molecular formula is C14H23NSi. The molecule has 0 atom stereocenters. The minimum atomic E-state index is -1.21. The highest BCUT2D eigenvalue weighted by molar-refractivity contribution is 6.75. The SMILES string of the molecule is C[Si](C)(C)N=CCCCCc1ccccc1. The van der Waals surface area contributed by atoms with Gasteiger partial charge in [0.2, 0.25) is 0 Å². The molecule has 1 rings (SSSR count). The second-order valence-electron chi connectivity index (χ2n) is 5.21. The second kappa shape index (κ2) is 6.64. The van der Waals surface area contributed by atoms with Gasteiger partial charge in [0.15, 0.2) is 8.24 Å². The van der Waals surface area contributed by atoms with Crippen LogP contribution in [0.1, 0.15) is 24.8 Å². The van der Waals surface area contributed by atoms with Crippen LogP contribution >= 0.6 is 0 Å². The Bertz CT molecular complexity index is 311. The summed E-state index contributed by atoms with van der Waals surface area (Å²) < 4.78 is 4.61. The minimum Gasteiger partial charge on any atom is -0.334 e. The van der Waals surface area contributed by atoms with Gasteiger partial charge in [-0.25, -0.2) is 0 Å². The van der Waals surface area contributed by atoms with Gasteiger partial charge in [0, 0.05) is 0 Å². The molecule has 0 aliphatic heterocycles. The van der Waals surface area contributed by atoms with Gasteiger partial charge in [-0.1, -0.05) is 30.3 Å². The van der Waals surface area contributed by atoms with Crippen molar-refractivity contribution in [3.05, 3.63) is 35.9 Å². The van der Waals surface area contributed by atoms with E-state index < -0.39 is 8.24 Å². The average Bonchev–Trinajstić information content (AvgIpc) is 2.23. The molecule has 0 unspecified atom stereocenters. The molecule has 0 aromatic heterocycles. The molecule has 0 spiro atoms. The normalized spacial score (nSPS) is 12.2. The van der Waals surface area contributed by atoms with E-state index in [0.717, 1.165) is 6.42 Å². The van der Waals surface area contributed by atoms with E-state index in [-0.39, 0.29) is 0 Å². The highest BCUT2D eigenvalue weighted by atomic mass is 28.3. The van der Waals surface area contributed by atoms with E-state index in [9.17, 15) is 0 Å². The second-order valence-corrected chi connectivity index (χ2v) is 9.81. The smallest absolute Gasteiger partial charge is 0.171 e. The van der Waals surface area contributed by atoms with Crippen LogP contribution in [-0.2, 0) is 6.42 Å².